The van der Waals surface area contributed by atoms with Crippen LogP contribution < -0.4 is 5.32 Å². The topological polar surface area (TPSA) is 53.1 Å². The quantitative estimate of drug-likeness (QED) is 0.560. The van der Waals surface area contributed by atoms with Gasteiger partial charge < -0.3 is 9.88 Å². The maximum absolute atomic E-state index is 13.3. The molecule has 1 saturated carbocycles. The fourth-order valence-electron chi connectivity index (χ4n) is 4.55. The molecule has 1 atom stereocenters. The molecule has 1 aromatic heterocycles. The molecule has 2 heterocycles. The molecule has 1 unspecified atom stereocenters. The van der Waals surface area contributed by atoms with E-state index in [0.29, 0.717) is 23.7 Å². The molecule has 0 spiro atoms. The maximum Gasteiger partial charge on any atom is 0.115 e. The van der Waals surface area contributed by atoms with Crippen molar-refractivity contribution in [2.24, 2.45) is 10.9 Å². The van der Waals surface area contributed by atoms with Crippen molar-refractivity contribution in [1.29, 1.82) is 5.26 Å². The normalized spacial score (nSPS) is 21.1. The predicted octanol–water partition coefficient (Wildman–Crippen LogP) is 5.82. The molecule has 4 rings (SSSR count). The molecular formula is C25H29F3N4. The number of nitriles is 1. The van der Waals surface area contributed by atoms with Crippen LogP contribution in [0, 0.1) is 17.2 Å². The number of alkyl halides is 3. The molecule has 7 heteroatoms. The van der Waals surface area contributed by atoms with Crippen LogP contribution in [0.5, 0.6) is 0 Å². The summed E-state index contributed by atoms with van der Waals surface area (Å²) in [6, 6.07) is 7.37. The molecule has 0 amide bonds. The third-order valence-electron chi connectivity index (χ3n) is 6.60. The van der Waals surface area contributed by atoms with Gasteiger partial charge in [0.05, 0.1) is 28.5 Å². The third-order valence-corrected chi connectivity index (χ3v) is 6.60. The second-order valence-electron chi connectivity index (χ2n) is 8.75. The highest BCUT2D eigenvalue weighted by atomic mass is 19.1. The van der Waals surface area contributed by atoms with Crippen LogP contribution in [0.25, 0.3) is 16.6 Å². The van der Waals surface area contributed by atoms with Gasteiger partial charge in [0.2, 0.25) is 0 Å². The van der Waals surface area contributed by atoms with Crippen molar-refractivity contribution in [2.75, 3.05) is 19.9 Å². The second kappa shape index (κ2) is 10.4. The first-order valence-corrected chi connectivity index (χ1v) is 11.4. The zero-order chi connectivity index (χ0) is 22.5. The standard InChI is InChI=1S/C25H29F3N4/c26-11-17-8-9-24-21(10-17)22(14-29)25(32(24)20-5-3-6-20)23-7-2-1-4-18(16-31-23)15-30-19(12-27)13-28/h7-10,16,18-20,30H,1-6,11-13,15H2/b23-7-,31-16?. The van der Waals surface area contributed by atoms with E-state index in [0.717, 1.165) is 60.8 Å². The monoisotopic (exact) mass is 442 g/mol. The summed E-state index contributed by atoms with van der Waals surface area (Å²) in [5.74, 6) is 0.0597. The first kappa shape index (κ1) is 22.6. The number of nitrogens with one attached hydrogen (secondary N) is 1. The van der Waals surface area contributed by atoms with Gasteiger partial charge in [0, 0.05) is 30.1 Å². The second-order valence-corrected chi connectivity index (χ2v) is 8.75. The largest absolute Gasteiger partial charge is 0.335 e. The number of rotatable bonds is 8. The Balaban J connectivity index is 1.73. The highest BCUT2D eigenvalue weighted by Crippen LogP contribution is 2.41. The zero-order valence-electron chi connectivity index (χ0n) is 18.2. The number of hydrogen-bond donors (Lipinski definition) is 1. The Labute approximate surface area is 186 Å². The number of hydrogen-bond acceptors (Lipinski definition) is 3. The molecule has 1 N–H and O–H groups in total. The lowest BCUT2D eigenvalue weighted by Crippen LogP contribution is -2.37. The third kappa shape index (κ3) is 4.47. The van der Waals surface area contributed by atoms with Crippen molar-refractivity contribution in [3.8, 4) is 6.07 Å². The Kier molecular flexibility index (Phi) is 7.31. The maximum atomic E-state index is 13.3. The zero-order valence-corrected chi connectivity index (χ0v) is 18.2. The van der Waals surface area contributed by atoms with Crippen LogP contribution in [0.4, 0.5) is 13.2 Å². The van der Waals surface area contributed by atoms with Gasteiger partial charge in [0.1, 0.15) is 26.1 Å². The Morgan fingerprint density at radius 3 is 2.62 bits per heavy atom. The average molecular weight is 443 g/mol. The van der Waals surface area contributed by atoms with Gasteiger partial charge in [-0.15, -0.1) is 0 Å². The number of fused-ring (bicyclic) bond motifs is 1. The molecule has 32 heavy (non-hydrogen) atoms. The number of halogens is 3. The van der Waals surface area contributed by atoms with E-state index in [1.807, 2.05) is 12.3 Å². The van der Waals surface area contributed by atoms with Crippen molar-refractivity contribution in [3.05, 3.63) is 41.1 Å². The Hall–Kier alpha value is -2.59. The van der Waals surface area contributed by atoms with Crippen LogP contribution >= 0.6 is 0 Å². The fourth-order valence-corrected chi connectivity index (χ4v) is 4.55. The van der Waals surface area contributed by atoms with E-state index in [9.17, 15) is 18.4 Å². The van der Waals surface area contributed by atoms with Crippen LogP contribution in [0.1, 0.15) is 61.4 Å². The first-order valence-electron chi connectivity index (χ1n) is 11.4. The van der Waals surface area contributed by atoms with Crippen LogP contribution in [0.2, 0.25) is 0 Å². The van der Waals surface area contributed by atoms with E-state index < -0.39 is 26.1 Å². The first-order chi connectivity index (χ1) is 15.7. The highest BCUT2D eigenvalue weighted by Gasteiger charge is 2.29. The van der Waals surface area contributed by atoms with Crippen molar-refractivity contribution in [2.45, 2.75) is 57.3 Å². The molecule has 1 aromatic carbocycles. The van der Waals surface area contributed by atoms with Gasteiger partial charge in [-0.1, -0.05) is 12.1 Å². The Morgan fingerprint density at radius 2 is 1.97 bits per heavy atom. The number of allylic oxidation sites excluding steroid dienone is 1. The summed E-state index contributed by atoms with van der Waals surface area (Å²) in [5.41, 5.74) is 3.60. The van der Waals surface area contributed by atoms with Gasteiger partial charge in [-0.3, -0.25) is 4.99 Å². The van der Waals surface area contributed by atoms with Crippen LogP contribution in [-0.2, 0) is 6.67 Å². The van der Waals surface area contributed by atoms with E-state index >= 15 is 0 Å². The molecule has 170 valence electrons. The van der Waals surface area contributed by atoms with Crippen LogP contribution in [-0.4, -0.2) is 36.7 Å². The van der Waals surface area contributed by atoms with Gasteiger partial charge in [0.15, 0.2) is 0 Å². The highest BCUT2D eigenvalue weighted by molar-refractivity contribution is 5.94. The summed E-state index contributed by atoms with van der Waals surface area (Å²) >= 11 is 0. The Morgan fingerprint density at radius 1 is 1.16 bits per heavy atom. The summed E-state index contributed by atoms with van der Waals surface area (Å²) in [4.78, 5) is 4.77. The van der Waals surface area contributed by atoms with E-state index in [1.54, 1.807) is 12.1 Å². The van der Waals surface area contributed by atoms with Gasteiger partial charge in [-0.05, 0) is 56.2 Å². The van der Waals surface area contributed by atoms with Crippen molar-refractivity contribution >= 4 is 22.8 Å². The summed E-state index contributed by atoms with van der Waals surface area (Å²) < 4.78 is 41.2. The average Bonchev–Trinajstić information content (AvgIpc) is 3.07. The minimum Gasteiger partial charge on any atom is -0.335 e. The Bertz CT molecular complexity index is 1040. The predicted molar refractivity (Wildman–Crippen MR) is 122 cm³/mol. The van der Waals surface area contributed by atoms with Crippen LogP contribution in [0.15, 0.2) is 29.3 Å². The molecule has 0 saturated heterocycles. The summed E-state index contributed by atoms with van der Waals surface area (Å²) in [5, 5.41) is 13.8. The lowest BCUT2D eigenvalue weighted by molar-refractivity contribution is 0.301. The van der Waals surface area contributed by atoms with E-state index in [2.05, 4.69) is 22.0 Å². The van der Waals surface area contributed by atoms with E-state index in [-0.39, 0.29) is 5.92 Å². The van der Waals surface area contributed by atoms with E-state index in [1.165, 1.54) is 0 Å². The molecular weight excluding hydrogens is 413 g/mol. The number of benzene rings is 1. The van der Waals surface area contributed by atoms with Crippen molar-refractivity contribution in [3.63, 3.8) is 0 Å². The van der Waals surface area contributed by atoms with E-state index in [4.69, 9.17) is 4.99 Å². The molecule has 2 aromatic rings. The molecule has 0 radical (unpaired) electrons. The number of nitrogens with zero attached hydrogens (tertiary/aromatic N) is 3. The lowest BCUT2D eigenvalue weighted by atomic mass is 9.92. The van der Waals surface area contributed by atoms with Gasteiger partial charge in [-0.2, -0.15) is 5.26 Å². The van der Waals surface area contributed by atoms with Crippen molar-refractivity contribution in [1.82, 2.24) is 9.88 Å². The summed E-state index contributed by atoms with van der Waals surface area (Å²) in [6.07, 6.45) is 9.78. The van der Waals surface area contributed by atoms with Crippen molar-refractivity contribution < 1.29 is 13.2 Å². The summed E-state index contributed by atoms with van der Waals surface area (Å²) in [7, 11) is 0. The summed E-state index contributed by atoms with van der Waals surface area (Å²) in [6.45, 7) is -1.58. The smallest absolute Gasteiger partial charge is 0.115 e. The van der Waals surface area contributed by atoms with Gasteiger partial charge in [-0.25, -0.2) is 13.2 Å². The minimum atomic E-state index is -0.778. The molecule has 0 bridgehead atoms. The molecule has 4 nitrogen and oxygen atoms in total. The number of aromatic nitrogens is 1. The molecule has 1 aliphatic carbocycles. The van der Waals surface area contributed by atoms with Gasteiger partial charge in [0.25, 0.3) is 0 Å². The minimum absolute atomic E-state index is 0.0597. The number of aliphatic imine (C=N–C) groups is 1. The molecule has 1 aliphatic heterocycles. The lowest BCUT2D eigenvalue weighted by Gasteiger charge is -2.30. The van der Waals surface area contributed by atoms with Crippen LogP contribution in [0.3, 0.4) is 0 Å². The van der Waals surface area contributed by atoms with Gasteiger partial charge >= 0.3 is 0 Å². The SMILES string of the molecule is N#Cc1c(/C2=C/CCCC(CNC(CF)CF)C=N2)n(C2CCC2)c2ccc(CF)cc12. The molecule has 2 aliphatic rings. The fraction of sp³-hybridized carbons (Fsp3) is 0.520. The molecule has 1 fully saturated rings.